The lowest BCUT2D eigenvalue weighted by Crippen LogP contribution is -1.99. The Labute approximate surface area is 75.4 Å². The number of nitriles is 1. The first-order valence-corrected chi connectivity index (χ1v) is 3.90. The molecule has 0 aliphatic carbocycles. The van der Waals surface area contributed by atoms with E-state index in [9.17, 15) is 4.79 Å². The number of carbonyl (C=O) groups excluding carboxylic acids is 1. The van der Waals surface area contributed by atoms with E-state index >= 15 is 0 Å². The van der Waals surface area contributed by atoms with E-state index in [0.717, 1.165) is 0 Å². The third-order valence-electron chi connectivity index (χ3n) is 1.46. The average molecular weight is 180 g/mol. The first kappa shape index (κ1) is 8.76. The SMILES string of the molecule is N#Cc1ccc(C(=O)CCl)cc1. The van der Waals surface area contributed by atoms with Crippen LogP contribution in [-0.2, 0) is 0 Å². The second-order valence-corrected chi connectivity index (χ2v) is 2.51. The van der Waals surface area contributed by atoms with Gasteiger partial charge < -0.3 is 0 Å². The normalized spacial score (nSPS) is 9.00. The lowest BCUT2D eigenvalue weighted by Gasteiger charge is -1.94. The van der Waals surface area contributed by atoms with Gasteiger partial charge in [-0.3, -0.25) is 4.79 Å². The summed E-state index contributed by atoms with van der Waals surface area (Å²) in [6.45, 7) is 0. The maximum Gasteiger partial charge on any atom is 0.177 e. The molecule has 1 rings (SSSR count). The highest BCUT2D eigenvalue weighted by atomic mass is 35.5. The van der Waals surface area contributed by atoms with Crippen LogP contribution in [0, 0.1) is 11.3 Å². The summed E-state index contributed by atoms with van der Waals surface area (Å²) in [5, 5.41) is 8.46. The zero-order valence-electron chi connectivity index (χ0n) is 6.25. The van der Waals surface area contributed by atoms with E-state index < -0.39 is 0 Å². The van der Waals surface area contributed by atoms with Crippen molar-refractivity contribution in [3.05, 3.63) is 35.4 Å². The number of Topliss-reactive ketones (excluding diaryl/α,β-unsaturated/α-hetero) is 1. The van der Waals surface area contributed by atoms with Crippen molar-refractivity contribution in [3.63, 3.8) is 0 Å². The fourth-order valence-electron chi connectivity index (χ4n) is 0.808. The van der Waals surface area contributed by atoms with Gasteiger partial charge in [-0.15, -0.1) is 11.6 Å². The van der Waals surface area contributed by atoms with Crippen molar-refractivity contribution in [2.45, 2.75) is 0 Å². The predicted molar refractivity (Wildman–Crippen MR) is 46.2 cm³/mol. The summed E-state index contributed by atoms with van der Waals surface area (Å²) in [4.78, 5) is 11.0. The molecule has 0 aliphatic rings. The number of rotatable bonds is 2. The Hall–Kier alpha value is -1.33. The molecule has 0 saturated heterocycles. The third kappa shape index (κ3) is 1.84. The first-order chi connectivity index (χ1) is 5.77. The van der Waals surface area contributed by atoms with E-state index in [-0.39, 0.29) is 11.7 Å². The van der Waals surface area contributed by atoms with Crippen molar-refractivity contribution in [3.8, 4) is 6.07 Å². The number of ketones is 1. The molecule has 0 heterocycles. The van der Waals surface area contributed by atoms with Crippen LogP contribution in [0.25, 0.3) is 0 Å². The molecule has 0 amide bonds. The molecule has 0 bridgehead atoms. The summed E-state index contributed by atoms with van der Waals surface area (Å²) in [5.41, 5.74) is 1.09. The number of nitrogens with zero attached hydrogens (tertiary/aromatic N) is 1. The fraction of sp³-hybridized carbons (Fsp3) is 0.111. The van der Waals surface area contributed by atoms with Gasteiger partial charge in [0.15, 0.2) is 5.78 Å². The molecule has 2 nitrogen and oxygen atoms in total. The van der Waals surface area contributed by atoms with Crippen LogP contribution in [0.4, 0.5) is 0 Å². The monoisotopic (exact) mass is 179 g/mol. The average Bonchev–Trinajstić information content (AvgIpc) is 2.17. The fourth-order valence-corrected chi connectivity index (χ4v) is 0.962. The van der Waals surface area contributed by atoms with E-state index in [1.807, 2.05) is 6.07 Å². The number of benzene rings is 1. The van der Waals surface area contributed by atoms with Crippen molar-refractivity contribution in [2.75, 3.05) is 5.88 Å². The molecule has 60 valence electrons. The van der Waals surface area contributed by atoms with Crippen LogP contribution in [0.1, 0.15) is 15.9 Å². The van der Waals surface area contributed by atoms with Gasteiger partial charge in [0.2, 0.25) is 0 Å². The molecule has 0 radical (unpaired) electrons. The highest BCUT2D eigenvalue weighted by Gasteiger charge is 2.02. The molecule has 0 aliphatic heterocycles. The Bertz CT molecular complexity index is 323. The number of halogens is 1. The Kier molecular flexibility index (Phi) is 2.84. The first-order valence-electron chi connectivity index (χ1n) is 3.37. The van der Waals surface area contributed by atoms with E-state index in [4.69, 9.17) is 16.9 Å². The summed E-state index contributed by atoms with van der Waals surface area (Å²) in [5.74, 6) is -0.146. The summed E-state index contributed by atoms with van der Waals surface area (Å²) < 4.78 is 0. The van der Waals surface area contributed by atoms with Gasteiger partial charge in [0.25, 0.3) is 0 Å². The second-order valence-electron chi connectivity index (χ2n) is 2.25. The van der Waals surface area contributed by atoms with E-state index in [0.29, 0.717) is 11.1 Å². The number of alkyl halides is 1. The van der Waals surface area contributed by atoms with Crippen molar-refractivity contribution in [1.29, 1.82) is 5.26 Å². The van der Waals surface area contributed by atoms with Gasteiger partial charge in [0, 0.05) is 5.56 Å². The summed E-state index contributed by atoms with van der Waals surface area (Å²) in [6.07, 6.45) is 0. The van der Waals surface area contributed by atoms with Crippen LogP contribution >= 0.6 is 11.6 Å². The topological polar surface area (TPSA) is 40.9 Å². The lowest BCUT2D eigenvalue weighted by atomic mass is 10.1. The maximum absolute atomic E-state index is 11.0. The smallest absolute Gasteiger partial charge is 0.177 e. The Morgan fingerprint density at radius 1 is 1.42 bits per heavy atom. The van der Waals surface area contributed by atoms with Crippen LogP contribution in [0.3, 0.4) is 0 Å². The number of carbonyl (C=O) groups is 1. The highest BCUT2D eigenvalue weighted by molar-refractivity contribution is 6.30. The molecule has 1 aromatic carbocycles. The molecular weight excluding hydrogens is 174 g/mol. The molecule has 0 N–H and O–H groups in total. The highest BCUT2D eigenvalue weighted by Crippen LogP contribution is 2.04. The van der Waals surface area contributed by atoms with Gasteiger partial charge >= 0.3 is 0 Å². The summed E-state index contributed by atoms with van der Waals surface area (Å²) in [7, 11) is 0. The van der Waals surface area contributed by atoms with Gasteiger partial charge in [-0.05, 0) is 12.1 Å². The van der Waals surface area contributed by atoms with Gasteiger partial charge in [-0.25, -0.2) is 0 Å². The molecule has 1 aromatic rings. The Balaban J connectivity index is 2.94. The summed E-state index contributed by atoms with van der Waals surface area (Å²) >= 11 is 5.35. The van der Waals surface area contributed by atoms with Crippen molar-refractivity contribution >= 4 is 17.4 Å². The summed E-state index contributed by atoms with van der Waals surface area (Å²) in [6, 6.07) is 8.36. The molecule has 12 heavy (non-hydrogen) atoms. The van der Waals surface area contributed by atoms with Crippen LogP contribution < -0.4 is 0 Å². The molecule has 0 spiro atoms. The maximum atomic E-state index is 11.0. The molecule has 0 fully saturated rings. The lowest BCUT2D eigenvalue weighted by molar-refractivity contribution is 0.102. The van der Waals surface area contributed by atoms with Crippen LogP contribution in [0.15, 0.2) is 24.3 Å². The molecule has 0 saturated carbocycles. The largest absolute Gasteiger partial charge is 0.293 e. The van der Waals surface area contributed by atoms with Crippen molar-refractivity contribution in [1.82, 2.24) is 0 Å². The van der Waals surface area contributed by atoms with Gasteiger partial charge in [-0.1, -0.05) is 12.1 Å². The molecule has 0 unspecified atom stereocenters. The predicted octanol–water partition coefficient (Wildman–Crippen LogP) is 1.98. The molecule has 0 atom stereocenters. The van der Waals surface area contributed by atoms with Crippen LogP contribution in [0.5, 0.6) is 0 Å². The van der Waals surface area contributed by atoms with Gasteiger partial charge in [-0.2, -0.15) is 5.26 Å². The van der Waals surface area contributed by atoms with E-state index in [2.05, 4.69) is 0 Å². The minimum Gasteiger partial charge on any atom is -0.293 e. The zero-order valence-corrected chi connectivity index (χ0v) is 7.01. The van der Waals surface area contributed by atoms with E-state index in [1.165, 1.54) is 0 Å². The van der Waals surface area contributed by atoms with Crippen LogP contribution in [0.2, 0.25) is 0 Å². The van der Waals surface area contributed by atoms with Crippen molar-refractivity contribution < 1.29 is 4.79 Å². The minimum atomic E-state index is -0.124. The standard InChI is InChI=1S/C9H6ClNO/c10-5-9(12)8-3-1-7(6-11)2-4-8/h1-4H,5H2. The van der Waals surface area contributed by atoms with E-state index in [1.54, 1.807) is 24.3 Å². The molecule has 3 heteroatoms. The van der Waals surface area contributed by atoms with Gasteiger partial charge in [0.1, 0.15) is 0 Å². The number of hydrogen-bond donors (Lipinski definition) is 0. The third-order valence-corrected chi connectivity index (χ3v) is 1.70. The molecule has 0 aromatic heterocycles. The Morgan fingerprint density at radius 3 is 2.42 bits per heavy atom. The Morgan fingerprint density at radius 2 is 2.00 bits per heavy atom. The van der Waals surface area contributed by atoms with Crippen molar-refractivity contribution in [2.24, 2.45) is 0 Å². The van der Waals surface area contributed by atoms with Crippen LogP contribution in [-0.4, -0.2) is 11.7 Å². The quantitative estimate of drug-likeness (QED) is 0.515. The zero-order chi connectivity index (χ0) is 8.97. The number of hydrogen-bond acceptors (Lipinski definition) is 2. The van der Waals surface area contributed by atoms with Gasteiger partial charge in [0.05, 0.1) is 17.5 Å². The minimum absolute atomic E-state index is 0.0219. The molecular formula is C9H6ClNO. The second kappa shape index (κ2) is 3.89.